The average Bonchev–Trinajstić information content (AvgIpc) is 2.40. The maximum atomic E-state index is 13.3. The molecule has 1 atom stereocenters. The second-order valence-electron chi connectivity index (χ2n) is 4.54. The Labute approximate surface area is 138 Å². The molecular weight excluding hydrogens is 385 g/mol. The van der Waals surface area contributed by atoms with E-state index in [4.69, 9.17) is 4.55 Å². The number of carbonyl (C=O) groups is 2. The first kappa shape index (κ1) is 23.2. The number of amides is 1. The third kappa shape index (κ3) is 5.34. The van der Waals surface area contributed by atoms with E-state index in [-0.39, 0.29) is 0 Å². The van der Waals surface area contributed by atoms with Gasteiger partial charge in [-0.05, 0) is 13.8 Å². The standard InChI is InChI=1S/C11H14F5NO7S/c1-4-17-8(19)10(11(14,15)16,24-7(18)6(2)3)23-5-9(12,13)25(20,21)22/h2,4-5H2,1,3H3,(H,17,19)(H,20,21,22). The van der Waals surface area contributed by atoms with Crippen LogP contribution in [0, 0.1) is 0 Å². The van der Waals surface area contributed by atoms with Crippen molar-refractivity contribution in [1.29, 1.82) is 0 Å². The number of alkyl halides is 5. The summed E-state index contributed by atoms with van der Waals surface area (Å²) in [6.45, 7) is 1.94. The lowest BCUT2D eigenvalue weighted by Crippen LogP contribution is -2.62. The molecule has 0 bridgehead atoms. The van der Waals surface area contributed by atoms with Crippen LogP contribution in [-0.2, 0) is 29.2 Å². The minimum Gasteiger partial charge on any atom is -0.412 e. The van der Waals surface area contributed by atoms with Crippen LogP contribution in [0.15, 0.2) is 12.2 Å². The van der Waals surface area contributed by atoms with Gasteiger partial charge < -0.3 is 14.8 Å². The normalized spacial score (nSPS) is 15.2. The molecule has 146 valence electrons. The van der Waals surface area contributed by atoms with Gasteiger partial charge in [0.05, 0.1) is 0 Å². The summed E-state index contributed by atoms with van der Waals surface area (Å²) in [4.78, 5) is 23.1. The Hall–Kier alpha value is -1.80. The Bertz CT molecular complexity index is 646. The Balaban J connectivity index is 6.06. The Kier molecular flexibility index (Phi) is 7.07. The van der Waals surface area contributed by atoms with Crippen LogP contribution in [0.3, 0.4) is 0 Å². The van der Waals surface area contributed by atoms with E-state index in [1.807, 2.05) is 0 Å². The molecule has 0 aromatic heterocycles. The van der Waals surface area contributed by atoms with Crippen LogP contribution in [0.2, 0.25) is 0 Å². The fourth-order valence-corrected chi connectivity index (χ4v) is 1.37. The maximum Gasteiger partial charge on any atom is 0.466 e. The van der Waals surface area contributed by atoms with Crippen LogP contribution in [-0.4, -0.2) is 55.2 Å². The highest BCUT2D eigenvalue weighted by atomic mass is 32.2. The summed E-state index contributed by atoms with van der Waals surface area (Å²) in [5.74, 6) is -8.60. The van der Waals surface area contributed by atoms with E-state index < -0.39 is 57.9 Å². The van der Waals surface area contributed by atoms with Crippen molar-refractivity contribution in [2.24, 2.45) is 0 Å². The minimum absolute atomic E-state index is 0.445. The lowest BCUT2D eigenvalue weighted by Gasteiger charge is -2.33. The molecule has 0 saturated carbocycles. The molecule has 0 aliphatic carbocycles. The summed E-state index contributed by atoms with van der Waals surface area (Å²) in [7, 11) is -6.17. The molecule has 0 spiro atoms. The van der Waals surface area contributed by atoms with Gasteiger partial charge >= 0.3 is 39.2 Å². The predicted octanol–water partition coefficient (Wildman–Crippen LogP) is 0.998. The highest BCUT2D eigenvalue weighted by Crippen LogP contribution is 2.37. The van der Waals surface area contributed by atoms with E-state index in [9.17, 15) is 40.0 Å². The molecule has 14 heteroatoms. The summed E-state index contributed by atoms with van der Waals surface area (Å²) in [5, 5.41) is -3.65. The van der Waals surface area contributed by atoms with Gasteiger partial charge in [-0.25, -0.2) is 4.79 Å². The van der Waals surface area contributed by atoms with E-state index in [1.54, 1.807) is 5.32 Å². The Morgan fingerprint density at radius 2 is 1.68 bits per heavy atom. The zero-order valence-electron chi connectivity index (χ0n) is 12.8. The van der Waals surface area contributed by atoms with Crippen LogP contribution in [0.4, 0.5) is 22.0 Å². The highest BCUT2D eigenvalue weighted by molar-refractivity contribution is 7.86. The molecular formula is C11H14F5NO7S. The zero-order chi connectivity index (χ0) is 20.3. The summed E-state index contributed by atoms with van der Waals surface area (Å²) < 4.78 is 103. The summed E-state index contributed by atoms with van der Waals surface area (Å²) in [5.41, 5.74) is -0.636. The van der Waals surface area contributed by atoms with Crippen molar-refractivity contribution in [2.75, 3.05) is 13.2 Å². The first-order chi connectivity index (χ1) is 11.0. The fourth-order valence-electron chi connectivity index (χ4n) is 1.16. The number of hydrogen-bond acceptors (Lipinski definition) is 6. The minimum atomic E-state index is -6.17. The maximum absolute atomic E-state index is 13.3. The highest BCUT2D eigenvalue weighted by Gasteiger charge is 2.67. The summed E-state index contributed by atoms with van der Waals surface area (Å²) >= 11 is 0. The monoisotopic (exact) mass is 399 g/mol. The van der Waals surface area contributed by atoms with Crippen molar-refractivity contribution in [3.8, 4) is 0 Å². The third-order valence-electron chi connectivity index (χ3n) is 2.42. The Morgan fingerprint density at radius 3 is 2.00 bits per heavy atom. The molecule has 25 heavy (non-hydrogen) atoms. The average molecular weight is 399 g/mol. The second kappa shape index (κ2) is 7.61. The molecule has 0 fully saturated rings. The first-order valence-electron chi connectivity index (χ1n) is 6.24. The van der Waals surface area contributed by atoms with Crippen LogP contribution in [0.1, 0.15) is 13.8 Å². The van der Waals surface area contributed by atoms with Gasteiger partial charge in [-0.3, -0.25) is 9.35 Å². The number of esters is 1. The summed E-state index contributed by atoms with van der Waals surface area (Å²) in [6, 6.07) is 0. The number of likely N-dealkylation sites (N-methyl/N-ethyl adjacent to an activating group) is 1. The fraction of sp³-hybridized carbons (Fsp3) is 0.636. The van der Waals surface area contributed by atoms with Crippen LogP contribution >= 0.6 is 0 Å². The van der Waals surface area contributed by atoms with Crippen LogP contribution < -0.4 is 5.32 Å². The molecule has 0 aromatic carbocycles. The van der Waals surface area contributed by atoms with Crippen LogP contribution in [0.5, 0.6) is 0 Å². The van der Waals surface area contributed by atoms with E-state index in [0.29, 0.717) is 0 Å². The second-order valence-corrected chi connectivity index (χ2v) is 6.09. The lowest BCUT2D eigenvalue weighted by atomic mass is 10.2. The topological polar surface area (TPSA) is 119 Å². The predicted molar refractivity (Wildman–Crippen MR) is 70.8 cm³/mol. The van der Waals surface area contributed by atoms with E-state index in [0.717, 1.165) is 13.8 Å². The number of nitrogens with one attached hydrogen (secondary N) is 1. The molecule has 1 unspecified atom stereocenters. The van der Waals surface area contributed by atoms with Gasteiger partial charge in [0, 0.05) is 12.1 Å². The number of halogens is 5. The van der Waals surface area contributed by atoms with Crippen molar-refractivity contribution in [3.05, 3.63) is 12.2 Å². The van der Waals surface area contributed by atoms with Crippen LogP contribution in [0.25, 0.3) is 0 Å². The van der Waals surface area contributed by atoms with E-state index in [2.05, 4.69) is 16.1 Å². The molecule has 0 heterocycles. The quantitative estimate of drug-likeness (QED) is 0.205. The third-order valence-corrected chi connectivity index (χ3v) is 3.29. The molecule has 8 nitrogen and oxygen atoms in total. The number of ether oxygens (including phenoxy) is 2. The summed E-state index contributed by atoms with van der Waals surface area (Å²) in [6.07, 6.45) is -5.88. The molecule has 0 aliphatic rings. The van der Waals surface area contributed by atoms with Gasteiger partial charge in [0.2, 0.25) is 0 Å². The van der Waals surface area contributed by atoms with E-state index >= 15 is 0 Å². The van der Waals surface area contributed by atoms with E-state index in [1.165, 1.54) is 0 Å². The van der Waals surface area contributed by atoms with Crippen molar-refractivity contribution in [1.82, 2.24) is 5.32 Å². The first-order valence-corrected chi connectivity index (χ1v) is 7.68. The van der Waals surface area contributed by atoms with Gasteiger partial charge in [0.1, 0.15) is 6.61 Å². The van der Waals surface area contributed by atoms with Gasteiger partial charge in [0.25, 0.3) is 0 Å². The van der Waals surface area contributed by atoms with Gasteiger partial charge in [0.15, 0.2) is 0 Å². The molecule has 1 amide bonds. The number of rotatable bonds is 8. The molecule has 0 aliphatic heterocycles. The van der Waals surface area contributed by atoms with Gasteiger partial charge in [-0.2, -0.15) is 30.4 Å². The SMILES string of the molecule is C=C(C)C(=O)OC(OCC(F)(F)S(=O)(=O)O)(C(=O)NCC)C(F)(F)F. The van der Waals surface area contributed by atoms with Gasteiger partial charge in [-0.15, -0.1) is 0 Å². The van der Waals surface area contributed by atoms with Crippen molar-refractivity contribution >= 4 is 22.0 Å². The molecule has 0 saturated heterocycles. The number of hydrogen-bond donors (Lipinski definition) is 2. The van der Waals surface area contributed by atoms with Crippen molar-refractivity contribution < 1.29 is 54.0 Å². The molecule has 0 aromatic rings. The Morgan fingerprint density at radius 1 is 1.20 bits per heavy atom. The van der Waals surface area contributed by atoms with Gasteiger partial charge in [-0.1, -0.05) is 6.58 Å². The smallest absolute Gasteiger partial charge is 0.412 e. The molecule has 2 N–H and O–H groups in total. The molecule has 0 rings (SSSR count). The lowest BCUT2D eigenvalue weighted by molar-refractivity contribution is -0.352. The molecule has 0 radical (unpaired) electrons. The zero-order valence-corrected chi connectivity index (χ0v) is 13.6. The number of carbonyl (C=O) groups excluding carboxylic acids is 2. The van der Waals surface area contributed by atoms with Crippen molar-refractivity contribution in [3.63, 3.8) is 0 Å². The largest absolute Gasteiger partial charge is 0.466 e. The van der Waals surface area contributed by atoms with Crippen molar-refractivity contribution in [2.45, 2.75) is 31.1 Å².